The second-order valence-corrected chi connectivity index (χ2v) is 5.74. The Kier molecular flexibility index (Phi) is 4.70. The fourth-order valence-electron chi connectivity index (χ4n) is 1.79. The van der Waals surface area contributed by atoms with Crippen LogP contribution in [0.2, 0.25) is 0 Å². The maximum atomic E-state index is 12.1. The summed E-state index contributed by atoms with van der Waals surface area (Å²) >= 11 is 1.58. The first kappa shape index (κ1) is 15.2. The Hall–Kier alpha value is -2.21. The lowest BCUT2D eigenvalue weighted by atomic mass is 10.1. The molecule has 1 aromatic heterocycles. The molecule has 0 radical (unpaired) electrons. The van der Waals surface area contributed by atoms with E-state index >= 15 is 0 Å². The molecule has 5 nitrogen and oxygen atoms in total. The van der Waals surface area contributed by atoms with Gasteiger partial charge >= 0.3 is 5.97 Å². The Morgan fingerprint density at radius 3 is 2.43 bits per heavy atom. The lowest BCUT2D eigenvalue weighted by Crippen LogP contribution is -2.26. The smallest absolute Gasteiger partial charge is 0.335 e. The number of thiazole rings is 1. The summed E-state index contributed by atoms with van der Waals surface area (Å²) in [4.78, 5) is 28.3. The van der Waals surface area contributed by atoms with E-state index in [-0.39, 0.29) is 17.5 Å². The highest BCUT2D eigenvalue weighted by Crippen LogP contribution is 2.20. The molecular weight excluding hydrogens is 288 g/mol. The minimum absolute atomic E-state index is 0.159. The molecule has 0 saturated carbocycles. The SMILES string of the molecule is CCc1cnc(C(C)NC(=O)c2ccc(C(=O)O)cc2)s1. The van der Waals surface area contributed by atoms with Gasteiger partial charge in [0, 0.05) is 16.6 Å². The standard InChI is InChI=1S/C15H16N2O3S/c1-3-12-8-16-14(21-12)9(2)17-13(18)10-4-6-11(7-5-10)15(19)20/h4-9H,3H2,1-2H3,(H,17,18)(H,19,20). The Balaban J connectivity index is 2.04. The van der Waals surface area contributed by atoms with Crippen LogP contribution >= 0.6 is 11.3 Å². The number of carboxylic acids is 1. The van der Waals surface area contributed by atoms with Crippen molar-refractivity contribution in [3.05, 3.63) is 51.5 Å². The van der Waals surface area contributed by atoms with Gasteiger partial charge in [-0.25, -0.2) is 9.78 Å². The maximum Gasteiger partial charge on any atom is 0.335 e. The van der Waals surface area contributed by atoms with Gasteiger partial charge in [0.15, 0.2) is 0 Å². The molecule has 1 aromatic carbocycles. The van der Waals surface area contributed by atoms with E-state index in [4.69, 9.17) is 5.11 Å². The van der Waals surface area contributed by atoms with Crippen LogP contribution in [0.15, 0.2) is 30.5 Å². The molecule has 0 fully saturated rings. The average Bonchev–Trinajstić information content (AvgIpc) is 2.96. The summed E-state index contributed by atoms with van der Waals surface area (Å²) in [6.45, 7) is 3.94. The van der Waals surface area contributed by atoms with Gasteiger partial charge in [0.1, 0.15) is 5.01 Å². The molecule has 6 heteroatoms. The molecule has 2 N–H and O–H groups in total. The zero-order valence-corrected chi connectivity index (χ0v) is 12.6. The molecule has 0 bridgehead atoms. The van der Waals surface area contributed by atoms with Crippen LogP contribution in [0.3, 0.4) is 0 Å². The summed E-state index contributed by atoms with van der Waals surface area (Å²) in [6, 6.07) is 5.67. The predicted octanol–water partition coefficient (Wildman–Crippen LogP) is 2.89. The number of amides is 1. The topological polar surface area (TPSA) is 79.3 Å². The van der Waals surface area contributed by atoms with Gasteiger partial charge in [0.25, 0.3) is 5.91 Å². The van der Waals surface area contributed by atoms with Gasteiger partial charge in [0.05, 0.1) is 11.6 Å². The van der Waals surface area contributed by atoms with E-state index in [1.165, 1.54) is 29.1 Å². The predicted molar refractivity (Wildman–Crippen MR) is 80.8 cm³/mol. The number of nitrogens with one attached hydrogen (secondary N) is 1. The van der Waals surface area contributed by atoms with Crippen LogP contribution in [0, 0.1) is 0 Å². The van der Waals surface area contributed by atoms with E-state index in [9.17, 15) is 9.59 Å². The Bertz CT molecular complexity index is 649. The summed E-state index contributed by atoms with van der Waals surface area (Å²) in [5.74, 6) is -1.25. The normalized spacial score (nSPS) is 11.9. The molecule has 1 atom stereocenters. The quantitative estimate of drug-likeness (QED) is 0.890. The average molecular weight is 304 g/mol. The van der Waals surface area contributed by atoms with Gasteiger partial charge in [0.2, 0.25) is 0 Å². The van der Waals surface area contributed by atoms with E-state index in [1.807, 2.05) is 13.1 Å². The number of carbonyl (C=O) groups excluding carboxylic acids is 1. The Labute approximate surface area is 126 Å². The Morgan fingerprint density at radius 1 is 1.29 bits per heavy atom. The largest absolute Gasteiger partial charge is 0.478 e. The van der Waals surface area contributed by atoms with Crippen molar-refractivity contribution in [3.8, 4) is 0 Å². The lowest BCUT2D eigenvalue weighted by molar-refractivity contribution is 0.0696. The third-order valence-corrected chi connectivity index (χ3v) is 4.36. The van der Waals surface area contributed by atoms with Crippen molar-refractivity contribution in [1.29, 1.82) is 0 Å². The lowest BCUT2D eigenvalue weighted by Gasteiger charge is -2.11. The number of rotatable bonds is 5. The summed E-state index contributed by atoms with van der Waals surface area (Å²) < 4.78 is 0. The van der Waals surface area contributed by atoms with Crippen LogP contribution < -0.4 is 5.32 Å². The molecule has 1 amide bonds. The van der Waals surface area contributed by atoms with Gasteiger partial charge < -0.3 is 10.4 Å². The van der Waals surface area contributed by atoms with Crippen LogP contribution in [0.1, 0.15) is 50.5 Å². The van der Waals surface area contributed by atoms with Crippen LogP contribution in [0.4, 0.5) is 0 Å². The van der Waals surface area contributed by atoms with Crippen molar-refractivity contribution in [3.63, 3.8) is 0 Å². The molecular formula is C15H16N2O3S. The summed E-state index contributed by atoms with van der Waals surface area (Å²) in [7, 11) is 0. The van der Waals surface area contributed by atoms with E-state index in [0.717, 1.165) is 11.4 Å². The fraction of sp³-hybridized carbons (Fsp3) is 0.267. The number of hydrogen-bond acceptors (Lipinski definition) is 4. The minimum Gasteiger partial charge on any atom is -0.478 e. The van der Waals surface area contributed by atoms with Crippen LogP contribution in [-0.2, 0) is 6.42 Å². The van der Waals surface area contributed by atoms with Crippen LogP contribution in [0.25, 0.3) is 0 Å². The molecule has 1 unspecified atom stereocenters. The third kappa shape index (κ3) is 3.66. The monoisotopic (exact) mass is 304 g/mol. The van der Waals surface area contributed by atoms with Gasteiger partial charge in [-0.15, -0.1) is 11.3 Å². The molecule has 0 aliphatic rings. The third-order valence-electron chi connectivity index (χ3n) is 3.03. The molecule has 21 heavy (non-hydrogen) atoms. The zero-order valence-electron chi connectivity index (χ0n) is 11.8. The number of benzene rings is 1. The summed E-state index contributed by atoms with van der Waals surface area (Å²) in [6.07, 6.45) is 2.75. The number of aromatic carboxylic acids is 1. The Morgan fingerprint density at radius 2 is 1.90 bits per heavy atom. The van der Waals surface area contributed by atoms with E-state index in [2.05, 4.69) is 17.2 Å². The molecule has 1 heterocycles. The van der Waals surface area contributed by atoms with Crippen molar-refractivity contribution < 1.29 is 14.7 Å². The highest BCUT2D eigenvalue weighted by Gasteiger charge is 2.14. The number of hydrogen-bond donors (Lipinski definition) is 2. The van der Waals surface area contributed by atoms with Gasteiger partial charge in [-0.1, -0.05) is 6.92 Å². The molecule has 2 aromatic rings. The molecule has 0 aliphatic carbocycles. The number of aryl methyl sites for hydroxylation is 1. The van der Waals surface area contributed by atoms with Crippen molar-refractivity contribution in [1.82, 2.24) is 10.3 Å². The van der Waals surface area contributed by atoms with Gasteiger partial charge in [-0.3, -0.25) is 4.79 Å². The highest BCUT2D eigenvalue weighted by atomic mass is 32.1. The van der Waals surface area contributed by atoms with Crippen molar-refractivity contribution in [2.45, 2.75) is 26.3 Å². The molecule has 0 aliphatic heterocycles. The number of carboxylic acid groups (broad SMARTS) is 1. The summed E-state index contributed by atoms with van der Waals surface area (Å²) in [5, 5.41) is 12.6. The molecule has 110 valence electrons. The zero-order chi connectivity index (χ0) is 15.4. The second kappa shape index (κ2) is 6.49. The van der Waals surface area contributed by atoms with E-state index < -0.39 is 5.97 Å². The fourth-order valence-corrected chi connectivity index (χ4v) is 2.65. The first-order valence-corrected chi connectivity index (χ1v) is 7.41. The number of nitrogens with zero attached hydrogens (tertiary/aromatic N) is 1. The molecule has 0 saturated heterocycles. The van der Waals surface area contributed by atoms with E-state index in [1.54, 1.807) is 11.3 Å². The molecule has 0 spiro atoms. The van der Waals surface area contributed by atoms with Crippen molar-refractivity contribution >= 4 is 23.2 Å². The van der Waals surface area contributed by atoms with Crippen molar-refractivity contribution in [2.75, 3.05) is 0 Å². The van der Waals surface area contributed by atoms with Crippen LogP contribution in [-0.4, -0.2) is 22.0 Å². The molecule has 2 rings (SSSR count). The maximum absolute atomic E-state index is 12.1. The van der Waals surface area contributed by atoms with E-state index in [0.29, 0.717) is 5.56 Å². The minimum atomic E-state index is -1.01. The number of carbonyl (C=O) groups is 2. The van der Waals surface area contributed by atoms with Crippen LogP contribution in [0.5, 0.6) is 0 Å². The van der Waals surface area contributed by atoms with Gasteiger partial charge in [-0.2, -0.15) is 0 Å². The first-order valence-electron chi connectivity index (χ1n) is 6.60. The second-order valence-electron chi connectivity index (χ2n) is 4.60. The summed E-state index contributed by atoms with van der Waals surface area (Å²) in [5.41, 5.74) is 0.589. The van der Waals surface area contributed by atoms with Gasteiger partial charge in [-0.05, 0) is 37.6 Å². The highest BCUT2D eigenvalue weighted by molar-refractivity contribution is 7.11. The van der Waals surface area contributed by atoms with Crippen molar-refractivity contribution in [2.24, 2.45) is 0 Å². The first-order chi connectivity index (χ1) is 10.0. The number of aromatic nitrogens is 1.